The van der Waals surface area contributed by atoms with Crippen molar-refractivity contribution < 1.29 is 4.92 Å². The fourth-order valence-electron chi connectivity index (χ4n) is 6.13. The molecule has 0 aromatic heterocycles. The van der Waals surface area contributed by atoms with E-state index in [1.165, 1.54) is 58.2 Å². The third-order valence-electron chi connectivity index (χ3n) is 8.84. The molecule has 0 amide bonds. The first kappa shape index (κ1) is 27.3. The Morgan fingerprint density at radius 2 is 1.74 bits per heavy atom. The summed E-state index contributed by atoms with van der Waals surface area (Å²) in [6.07, 6.45) is 11.5. The van der Waals surface area contributed by atoms with Gasteiger partial charge in [0, 0.05) is 0 Å². The predicted octanol–water partition coefficient (Wildman–Crippen LogP) is 7.19. The van der Waals surface area contributed by atoms with E-state index in [0.717, 1.165) is 25.8 Å². The number of nitro groups is 1. The molecule has 0 spiro atoms. The van der Waals surface area contributed by atoms with Gasteiger partial charge in [-0.25, -0.2) is 0 Å². The maximum absolute atomic E-state index is 12.5. The average molecular weight is 551 g/mol. The fourth-order valence-corrected chi connectivity index (χ4v) is 11.1. The van der Waals surface area contributed by atoms with Crippen molar-refractivity contribution in [3.63, 3.8) is 0 Å². The number of hydrogen-bond acceptors (Lipinski definition) is 3. The fraction of sp³-hybridized carbons (Fsp3) is 1.00. The molecule has 0 aromatic rings. The van der Waals surface area contributed by atoms with Gasteiger partial charge in [0.25, 0.3) is 0 Å². The Labute approximate surface area is 199 Å². The van der Waals surface area contributed by atoms with Crippen molar-refractivity contribution in [1.82, 2.24) is 0 Å². The van der Waals surface area contributed by atoms with Crippen LogP contribution in [0.25, 0.3) is 0 Å². The molecule has 2 aliphatic rings. The summed E-state index contributed by atoms with van der Waals surface area (Å²) in [4.78, 5) is 12.6. The van der Waals surface area contributed by atoms with Crippen molar-refractivity contribution in [2.75, 3.05) is 19.8 Å². The summed E-state index contributed by atoms with van der Waals surface area (Å²) < 4.78 is 4.52. The molecular formula is C26H51IN2O2. The Hall–Kier alpha value is 0.0900. The van der Waals surface area contributed by atoms with Crippen molar-refractivity contribution in [3.8, 4) is 0 Å². The zero-order valence-corrected chi connectivity index (χ0v) is 23.2. The van der Waals surface area contributed by atoms with Crippen LogP contribution in [0.3, 0.4) is 0 Å². The van der Waals surface area contributed by atoms with Gasteiger partial charge in [0.1, 0.15) is 0 Å². The van der Waals surface area contributed by atoms with Gasteiger partial charge >= 0.3 is 200 Å². The van der Waals surface area contributed by atoms with Crippen LogP contribution in [0.1, 0.15) is 98.8 Å². The van der Waals surface area contributed by atoms with Gasteiger partial charge in [0.15, 0.2) is 0 Å². The van der Waals surface area contributed by atoms with Gasteiger partial charge in [0.2, 0.25) is 0 Å². The molecule has 5 heteroatoms. The summed E-state index contributed by atoms with van der Waals surface area (Å²) in [5.74, 6) is 3.06. The predicted molar refractivity (Wildman–Crippen MR) is 143 cm³/mol. The van der Waals surface area contributed by atoms with E-state index in [-0.39, 0.29) is 16.8 Å². The molecular weight excluding hydrogens is 499 g/mol. The molecule has 2 N–H and O–H groups in total. The second-order valence-corrected chi connectivity index (χ2v) is 17.2. The van der Waals surface area contributed by atoms with E-state index in [9.17, 15) is 10.1 Å². The van der Waals surface area contributed by atoms with Gasteiger partial charge < -0.3 is 0 Å². The Morgan fingerprint density at radius 3 is 2.19 bits per heavy atom. The standard InChI is InChI=1S/C26H51IN2O2/c1-6-9-24(20(4)7-2)18-25(26(29(30)31)19-21(26)5)23(12-14-27-15-16-27)11-10-22(8-3)13-17-28/h20-25H,6-19,28H2,1-5H3. The van der Waals surface area contributed by atoms with E-state index in [4.69, 9.17) is 5.73 Å². The first-order valence-electron chi connectivity index (χ1n) is 13.3. The summed E-state index contributed by atoms with van der Waals surface area (Å²) in [6.45, 7) is 12.2. The van der Waals surface area contributed by atoms with Crippen molar-refractivity contribution >= 4 is 19.8 Å². The molecule has 0 radical (unpaired) electrons. The zero-order chi connectivity index (χ0) is 23.0. The molecule has 2 fully saturated rings. The molecule has 1 saturated heterocycles. The molecule has 1 heterocycles. The third kappa shape index (κ3) is 7.55. The molecule has 0 bridgehead atoms. The number of hydrogen-bond donors (Lipinski definition) is 1. The van der Waals surface area contributed by atoms with E-state index >= 15 is 0 Å². The minimum absolute atomic E-state index is 0.169. The van der Waals surface area contributed by atoms with E-state index < -0.39 is 25.4 Å². The van der Waals surface area contributed by atoms with Crippen LogP contribution < -0.4 is 5.73 Å². The molecule has 4 nitrogen and oxygen atoms in total. The average Bonchev–Trinajstić information content (AvgIpc) is 3.67. The Balaban J connectivity index is 2.26. The van der Waals surface area contributed by atoms with Crippen molar-refractivity contribution in [2.45, 2.75) is 104 Å². The first-order valence-corrected chi connectivity index (χ1v) is 17.8. The van der Waals surface area contributed by atoms with Crippen LogP contribution in [0.15, 0.2) is 0 Å². The summed E-state index contributed by atoms with van der Waals surface area (Å²) in [5.41, 5.74) is 5.25. The molecule has 7 unspecified atom stereocenters. The quantitative estimate of drug-likeness (QED) is 0.0850. The Bertz CT molecular complexity index is 542. The molecule has 31 heavy (non-hydrogen) atoms. The maximum atomic E-state index is 12.5. The van der Waals surface area contributed by atoms with Crippen LogP contribution in [0, 0.1) is 45.6 Å². The molecule has 7 atom stereocenters. The third-order valence-corrected chi connectivity index (χ3v) is 13.6. The molecule has 1 saturated carbocycles. The monoisotopic (exact) mass is 550 g/mol. The van der Waals surface area contributed by atoms with Crippen molar-refractivity contribution in [2.24, 2.45) is 41.2 Å². The van der Waals surface area contributed by atoms with Gasteiger partial charge in [-0.05, 0) is 0 Å². The van der Waals surface area contributed by atoms with E-state index in [0.29, 0.717) is 23.7 Å². The number of rotatable bonds is 18. The van der Waals surface area contributed by atoms with E-state index in [1.807, 2.05) is 0 Å². The number of alkyl halides is 3. The van der Waals surface area contributed by atoms with Crippen LogP contribution in [-0.4, -0.2) is 30.3 Å². The minimum atomic E-state index is -0.632. The van der Waals surface area contributed by atoms with Crippen LogP contribution in [0.4, 0.5) is 0 Å². The number of nitrogens with two attached hydrogens (primary N) is 1. The van der Waals surface area contributed by atoms with Crippen LogP contribution >= 0.6 is 19.8 Å². The second kappa shape index (κ2) is 13.1. The second-order valence-electron chi connectivity index (χ2n) is 10.7. The summed E-state index contributed by atoms with van der Waals surface area (Å²) in [7, 11) is 0. The Kier molecular flexibility index (Phi) is 11.6. The van der Waals surface area contributed by atoms with E-state index in [1.54, 1.807) is 0 Å². The van der Waals surface area contributed by atoms with Gasteiger partial charge in [-0.15, -0.1) is 0 Å². The van der Waals surface area contributed by atoms with Crippen LogP contribution in [-0.2, 0) is 0 Å². The van der Waals surface area contributed by atoms with Crippen LogP contribution in [0.2, 0.25) is 0 Å². The zero-order valence-electron chi connectivity index (χ0n) is 21.1. The van der Waals surface area contributed by atoms with Crippen molar-refractivity contribution in [3.05, 3.63) is 10.1 Å². The molecule has 184 valence electrons. The first-order chi connectivity index (χ1) is 14.8. The summed E-state index contributed by atoms with van der Waals surface area (Å²) in [6, 6.07) is 0. The van der Waals surface area contributed by atoms with Gasteiger partial charge in [-0.3, -0.25) is 0 Å². The van der Waals surface area contributed by atoms with E-state index in [2.05, 4.69) is 34.6 Å². The number of halogens is 1. The van der Waals surface area contributed by atoms with Gasteiger partial charge in [-0.1, -0.05) is 0 Å². The topological polar surface area (TPSA) is 69.2 Å². The normalized spacial score (nSPS) is 28.6. The summed E-state index contributed by atoms with van der Waals surface area (Å²) in [5, 5.41) is 12.5. The molecule has 2 rings (SSSR count). The summed E-state index contributed by atoms with van der Waals surface area (Å²) >= 11 is -0.597. The number of nitrogens with zero attached hydrogens (tertiary/aromatic N) is 1. The molecule has 1 aliphatic heterocycles. The molecule has 0 aromatic carbocycles. The molecule has 1 aliphatic carbocycles. The van der Waals surface area contributed by atoms with Gasteiger partial charge in [-0.2, -0.15) is 0 Å². The van der Waals surface area contributed by atoms with Gasteiger partial charge in [0.05, 0.1) is 0 Å². The van der Waals surface area contributed by atoms with Crippen molar-refractivity contribution in [1.29, 1.82) is 0 Å². The Morgan fingerprint density at radius 1 is 1.06 bits per heavy atom. The van der Waals surface area contributed by atoms with Crippen LogP contribution in [0.5, 0.6) is 0 Å². The SMILES string of the molecule is CCCC(CC(C(CCC(CC)CCN)CCI1CC1)C1([N+](=O)[O-])CC1C)C(C)CC.